The minimum atomic E-state index is -0.109. The number of fused-ring (bicyclic) bond motifs is 1. The van der Waals surface area contributed by atoms with Crippen LogP contribution in [0.15, 0.2) is 45.7 Å². The molecular formula is C22H20N4O2S3. The third kappa shape index (κ3) is 4.17. The molecule has 0 atom stereocenters. The largest absolute Gasteiger partial charge is 0.339 e. The molecule has 1 fully saturated rings. The van der Waals surface area contributed by atoms with Crippen molar-refractivity contribution in [2.24, 2.45) is 0 Å². The molecule has 0 spiro atoms. The van der Waals surface area contributed by atoms with Crippen LogP contribution in [0.5, 0.6) is 0 Å². The number of aromatic nitrogens is 3. The summed E-state index contributed by atoms with van der Waals surface area (Å²) in [4.78, 5) is 42.1. The molecule has 0 saturated carbocycles. The summed E-state index contributed by atoms with van der Waals surface area (Å²) < 4.78 is 0. The van der Waals surface area contributed by atoms with E-state index in [9.17, 15) is 9.59 Å². The summed E-state index contributed by atoms with van der Waals surface area (Å²) in [5.41, 5.74) is 1.46. The van der Waals surface area contributed by atoms with Gasteiger partial charge < -0.3 is 9.88 Å². The second kappa shape index (κ2) is 8.57. The molecule has 1 saturated heterocycles. The zero-order chi connectivity index (χ0) is 21.4. The third-order valence-electron chi connectivity index (χ3n) is 5.23. The molecule has 0 radical (unpaired) electrons. The summed E-state index contributed by atoms with van der Waals surface area (Å²) >= 11 is 4.66. The van der Waals surface area contributed by atoms with Gasteiger partial charge in [-0.05, 0) is 44.0 Å². The summed E-state index contributed by atoms with van der Waals surface area (Å²) in [6.07, 6.45) is 3.78. The predicted octanol–water partition coefficient (Wildman–Crippen LogP) is 4.94. The molecule has 1 aliphatic heterocycles. The number of carbonyl (C=O) groups excluding carboxylic acids is 1. The van der Waals surface area contributed by atoms with Crippen LogP contribution < -0.4 is 5.56 Å². The van der Waals surface area contributed by atoms with Gasteiger partial charge in [-0.3, -0.25) is 9.59 Å². The molecule has 0 aromatic carbocycles. The van der Waals surface area contributed by atoms with Crippen molar-refractivity contribution in [1.29, 1.82) is 0 Å². The number of thioether (sulfide) groups is 1. The van der Waals surface area contributed by atoms with Crippen molar-refractivity contribution in [3.8, 4) is 10.4 Å². The van der Waals surface area contributed by atoms with Crippen molar-refractivity contribution in [1.82, 2.24) is 19.9 Å². The first kappa shape index (κ1) is 20.4. The van der Waals surface area contributed by atoms with Crippen LogP contribution in [0.2, 0.25) is 0 Å². The molecule has 158 valence electrons. The van der Waals surface area contributed by atoms with E-state index in [1.807, 2.05) is 22.4 Å². The highest BCUT2D eigenvalue weighted by molar-refractivity contribution is 7.98. The number of hydrogen-bond acceptors (Lipinski definition) is 7. The van der Waals surface area contributed by atoms with E-state index in [4.69, 9.17) is 0 Å². The maximum Gasteiger partial charge on any atom is 0.260 e. The van der Waals surface area contributed by atoms with Crippen molar-refractivity contribution < 1.29 is 4.79 Å². The maximum absolute atomic E-state index is 12.8. The van der Waals surface area contributed by atoms with E-state index in [0.717, 1.165) is 46.2 Å². The normalized spacial score (nSPS) is 13.9. The third-order valence-corrected chi connectivity index (χ3v) is 8.09. The predicted molar refractivity (Wildman–Crippen MR) is 127 cm³/mol. The number of nitrogens with one attached hydrogen (secondary N) is 1. The Morgan fingerprint density at radius 2 is 2.06 bits per heavy atom. The number of H-pyrrole nitrogens is 1. The van der Waals surface area contributed by atoms with Gasteiger partial charge in [-0.15, -0.1) is 22.7 Å². The van der Waals surface area contributed by atoms with E-state index < -0.39 is 0 Å². The zero-order valence-electron chi connectivity index (χ0n) is 16.9. The molecule has 5 rings (SSSR count). The first-order valence-corrected chi connectivity index (χ1v) is 12.7. The molecule has 1 amide bonds. The number of aryl methyl sites for hydroxylation is 1. The molecule has 0 unspecified atom stereocenters. The molecule has 31 heavy (non-hydrogen) atoms. The quantitative estimate of drug-likeness (QED) is 0.420. The number of thiophene rings is 2. The lowest BCUT2D eigenvalue weighted by atomic mass is 10.2. The van der Waals surface area contributed by atoms with Crippen LogP contribution in [0, 0.1) is 6.92 Å². The average molecular weight is 469 g/mol. The minimum Gasteiger partial charge on any atom is -0.339 e. The van der Waals surface area contributed by atoms with Gasteiger partial charge in [0.15, 0.2) is 0 Å². The van der Waals surface area contributed by atoms with Crippen LogP contribution >= 0.6 is 34.4 Å². The monoisotopic (exact) mass is 468 g/mol. The molecule has 6 nitrogen and oxygen atoms in total. The van der Waals surface area contributed by atoms with Crippen molar-refractivity contribution in [2.45, 2.75) is 30.5 Å². The highest BCUT2D eigenvalue weighted by atomic mass is 32.2. The molecule has 4 aromatic heterocycles. The SMILES string of the molecule is Cc1ccc(-c2csc3nc(CSc4ccc(C(=O)N5CCCC5)cn4)[nH]c(=O)c23)s1. The summed E-state index contributed by atoms with van der Waals surface area (Å²) in [5, 5.41) is 3.46. The molecule has 0 bridgehead atoms. The van der Waals surface area contributed by atoms with Crippen LogP contribution in [0.4, 0.5) is 0 Å². The zero-order valence-corrected chi connectivity index (χ0v) is 19.3. The first-order valence-electron chi connectivity index (χ1n) is 10.0. The Labute approximate surface area is 191 Å². The Morgan fingerprint density at radius 1 is 1.23 bits per heavy atom. The number of nitrogens with zero attached hydrogens (tertiary/aromatic N) is 3. The van der Waals surface area contributed by atoms with Gasteiger partial charge in [-0.2, -0.15) is 0 Å². The summed E-state index contributed by atoms with van der Waals surface area (Å²) in [5.74, 6) is 1.17. The highest BCUT2D eigenvalue weighted by Crippen LogP contribution is 2.35. The molecule has 1 N–H and O–H groups in total. The molecular weight excluding hydrogens is 448 g/mol. The Balaban J connectivity index is 1.31. The van der Waals surface area contributed by atoms with Gasteiger partial charge >= 0.3 is 0 Å². The van der Waals surface area contributed by atoms with Crippen LogP contribution in [-0.2, 0) is 5.75 Å². The van der Waals surface area contributed by atoms with Crippen LogP contribution in [0.25, 0.3) is 20.7 Å². The van der Waals surface area contributed by atoms with Crippen LogP contribution in [-0.4, -0.2) is 38.8 Å². The topological polar surface area (TPSA) is 79.0 Å². The molecule has 4 aromatic rings. The van der Waals surface area contributed by atoms with Crippen molar-refractivity contribution in [2.75, 3.05) is 13.1 Å². The van der Waals surface area contributed by atoms with E-state index >= 15 is 0 Å². The van der Waals surface area contributed by atoms with Crippen LogP contribution in [0.3, 0.4) is 0 Å². The number of amides is 1. The summed E-state index contributed by atoms with van der Waals surface area (Å²) in [6, 6.07) is 7.79. The Hall–Kier alpha value is -2.49. The van der Waals surface area contributed by atoms with Gasteiger partial charge in [0.05, 0.1) is 21.7 Å². The van der Waals surface area contributed by atoms with Gasteiger partial charge in [0.25, 0.3) is 11.5 Å². The maximum atomic E-state index is 12.8. The number of hydrogen-bond donors (Lipinski definition) is 1. The molecule has 1 aliphatic rings. The fraction of sp³-hybridized carbons (Fsp3) is 0.273. The lowest BCUT2D eigenvalue weighted by Gasteiger charge is -2.14. The minimum absolute atomic E-state index is 0.0485. The van der Waals surface area contributed by atoms with Gasteiger partial charge in [0.2, 0.25) is 0 Å². The standard InChI is InChI=1S/C22H20N4O2S3/c1-13-4-6-16(31-13)15-11-30-21-19(15)20(27)24-17(25-21)12-29-18-7-5-14(10-23-18)22(28)26-8-2-3-9-26/h4-7,10-11H,2-3,8-9,12H2,1H3,(H,24,25,27). The number of carbonyl (C=O) groups is 1. The lowest BCUT2D eigenvalue weighted by molar-refractivity contribution is 0.0792. The van der Waals surface area contributed by atoms with Crippen molar-refractivity contribution in [3.63, 3.8) is 0 Å². The first-order chi connectivity index (χ1) is 15.1. The van der Waals surface area contributed by atoms with E-state index in [1.165, 1.54) is 28.0 Å². The Kier molecular flexibility index (Phi) is 5.64. The average Bonchev–Trinajstić information content (AvgIpc) is 3.53. The smallest absolute Gasteiger partial charge is 0.260 e. The molecule has 9 heteroatoms. The Morgan fingerprint density at radius 3 is 2.77 bits per heavy atom. The van der Waals surface area contributed by atoms with Crippen molar-refractivity contribution in [3.05, 3.63) is 62.5 Å². The molecule has 0 aliphatic carbocycles. The van der Waals surface area contributed by atoms with Crippen LogP contribution in [0.1, 0.15) is 33.9 Å². The fourth-order valence-corrected chi connectivity index (χ4v) is 6.29. The van der Waals surface area contributed by atoms with E-state index in [2.05, 4.69) is 34.0 Å². The fourth-order valence-electron chi connectivity index (χ4n) is 3.66. The number of rotatable bonds is 5. The van der Waals surface area contributed by atoms with Crippen molar-refractivity contribution >= 4 is 50.6 Å². The molecule has 5 heterocycles. The second-order valence-corrected chi connectivity index (χ2v) is 10.6. The van der Waals surface area contributed by atoms with Gasteiger partial charge in [-0.25, -0.2) is 9.97 Å². The number of aromatic amines is 1. The lowest BCUT2D eigenvalue weighted by Crippen LogP contribution is -2.27. The number of likely N-dealkylation sites (tertiary alicyclic amines) is 1. The van der Waals surface area contributed by atoms with Gasteiger partial charge in [0.1, 0.15) is 10.7 Å². The Bertz CT molecular complexity index is 1300. The number of pyridine rings is 1. The van der Waals surface area contributed by atoms with E-state index in [-0.39, 0.29) is 11.5 Å². The van der Waals surface area contributed by atoms with Gasteiger partial charge in [0, 0.05) is 40.0 Å². The van der Waals surface area contributed by atoms with E-state index in [1.54, 1.807) is 17.5 Å². The summed E-state index contributed by atoms with van der Waals surface area (Å²) in [7, 11) is 0. The second-order valence-electron chi connectivity index (χ2n) is 7.43. The van der Waals surface area contributed by atoms with Gasteiger partial charge in [-0.1, -0.05) is 11.8 Å². The van der Waals surface area contributed by atoms with E-state index in [0.29, 0.717) is 22.5 Å². The highest BCUT2D eigenvalue weighted by Gasteiger charge is 2.19. The summed E-state index contributed by atoms with van der Waals surface area (Å²) in [6.45, 7) is 3.71.